The van der Waals surface area contributed by atoms with Crippen LogP contribution in [-0.4, -0.2) is 36.4 Å². The first-order chi connectivity index (χ1) is 16.0. The van der Waals surface area contributed by atoms with Crippen LogP contribution in [0.2, 0.25) is 10.0 Å². The van der Waals surface area contributed by atoms with Crippen LogP contribution in [0.25, 0.3) is 0 Å². The molecule has 3 aromatic rings. The van der Waals surface area contributed by atoms with Crippen molar-refractivity contribution in [2.24, 2.45) is 0 Å². The molecule has 6 heteroatoms. The third-order valence-corrected chi connectivity index (χ3v) is 7.41. The Morgan fingerprint density at radius 1 is 1.00 bits per heavy atom. The molecule has 1 spiro atoms. The van der Waals surface area contributed by atoms with Crippen LogP contribution in [-0.2, 0) is 6.54 Å². The average molecular weight is 481 g/mol. The monoisotopic (exact) mass is 480 g/mol. The van der Waals surface area contributed by atoms with Crippen LogP contribution in [0, 0.1) is 0 Å². The topological polar surface area (TPSA) is 41.6 Å². The molecular weight excluding hydrogens is 455 g/mol. The number of hydrogen-bond donors (Lipinski definition) is 1. The van der Waals surface area contributed by atoms with Gasteiger partial charge in [0.15, 0.2) is 5.78 Å². The molecular formula is C27H26Cl2N2O2. The number of carbonyl (C=O) groups excluding carboxylic acids is 1. The van der Waals surface area contributed by atoms with Gasteiger partial charge in [-0.05, 0) is 66.4 Å². The molecule has 0 radical (unpaired) electrons. The number of rotatable bonds is 4. The summed E-state index contributed by atoms with van der Waals surface area (Å²) in [6, 6.07) is 21.4. The minimum Gasteiger partial charge on any atom is -0.497 e. The number of hydrogen-bond acceptors (Lipinski definition) is 4. The van der Waals surface area contributed by atoms with Crippen molar-refractivity contribution in [1.82, 2.24) is 4.90 Å². The number of nitrogens with one attached hydrogen (secondary N) is 1. The smallest absolute Gasteiger partial charge is 0.174 e. The first-order valence-electron chi connectivity index (χ1n) is 11.2. The number of nitrogens with zero attached hydrogens (tertiary/aromatic N) is 1. The lowest BCUT2D eigenvalue weighted by atomic mass is 9.67. The highest BCUT2D eigenvalue weighted by atomic mass is 35.5. The van der Waals surface area contributed by atoms with Gasteiger partial charge in [-0.15, -0.1) is 0 Å². The molecule has 33 heavy (non-hydrogen) atoms. The standard InChI is InChI=1S/C27H26Cl2N2O2/c1-33-22-8-5-19(6-9-22)25-26(32)23-10-7-21(29)16-24(23)30-27(25)11-13-31(14-12-27)17-18-3-2-4-20(28)15-18/h2-10,15-16,25,30H,11-14,17H2,1H3. The van der Waals surface area contributed by atoms with Crippen LogP contribution in [0.4, 0.5) is 5.69 Å². The van der Waals surface area contributed by atoms with Crippen LogP contribution < -0.4 is 10.1 Å². The quantitative estimate of drug-likeness (QED) is 0.467. The summed E-state index contributed by atoms with van der Waals surface area (Å²) in [6.45, 7) is 2.62. The fourth-order valence-electron chi connectivity index (χ4n) is 5.27. The third kappa shape index (κ3) is 4.35. The summed E-state index contributed by atoms with van der Waals surface area (Å²) in [5, 5.41) is 5.16. The number of benzene rings is 3. The summed E-state index contributed by atoms with van der Waals surface area (Å²) in [5.74, 6) is 0.659. The van der Waals surface area contributed by atoms with Gasteiger partial charge in [-0.25, -0.2) is 0 Å². The summed E-state index contributed by atoms with van der Waals surface area (Å²) in [7, 11) is 1.65. The van der Waals surface area contributed by atoms with Gasteiger partial charge in [-0.1, -0.05) is 47.5 Å². The maximum Gasteiger partial charge on any atom is 0.174 e. The van der Waals surface area contributed by atoms with Crippen molar-refractivity contribution in [3.63, 3.8) is 0 Å². The molecule has 1 N–H and O–H groups in total. The second kappa shape index (κ2) is 9.02. The Hall–Kier alpha value is -2.53. The Balaban J connectivity index is 1.46. The van der Waals surface area contributed by atoms with E-state index in [9.17, 15) is 4.79 Å². The SMILES string of the molecule is COc1ccc(C2C(=O)c3ccc(Cl)cc3NC23CCN(Cc2cccc(Cl)c2)CC3)cc1. The van der Waals surface area contributed by atoms with Gasteiger partial charge in [0.1, 0.15) is 5.75 Å². The van der Waals surface area contributed by atoms with E-state index in [4.69, 9.17) is 27.9 Å². The molecule has 0 amide bonds. The number of halogens is 2. The molecule has 2 heterocycles. The van der Waals surface area contributed by atoms with E-state index in [1.807, 2.05) is 54.6 Å². The lowest BCUT2D eigenvalue weighted by Gasteiger charge is -2.50. The molecule has 2 aliphatic rings. The lowest BCUT2D eigenvalue weighted by molar-refractivity contribution is 0.0842. The fraction of sp³-hybridized carbons (Fsp3) is 0.296. The molecule has 1 saturated heterocycles. The van der Waals surface area contributed by atoms with Gasteiger partial charge in [0.25, 0.3) is 0 Å². The third-order valence-electron chi connectivity index (χ3n) is 6.94. The van der Waals surface area contributed by atoms with Crippen molar-refractivity contribution >= 4 is 34.7 Å². The zero-order valence-corrected chi connectivity index (χ0v) is 20.0. The van der Waals surface area contributed by atoms with Gasteiger partial charge in [-0.2, -0.15) is 0 Å². The number of ketones is 1. The number of fused-ring (bicyclic) bond motifs is 1. The summed E-state index contributed by atoms with van der Waals surface area (Å²) in [4.78, 5) is 16.3. The van der Waals surface area contributed by atoms with Crippen LogP contribution in [0.5, 0.6) is 5.75 Å². The van der Waals surface area contributed by atoms with E-state index in [1.165, 1.54) is 5.56 Å². The normalized spacial score (nSPS) is 19.7. The largest absolute Gasteiger partial charge is 0.497 e. The maximum absolute atomic E-state index is 13.8. The lowest BCUT2D eigenvalue weighted by Crippen LogP contribution is -2.56. The molecule has 2 aliphatic heterocycles. The summed E-state index contributed by atoms with van der Waals surface area (Å²) in [6.07, 6.45) is 1.70. The Kier molecular flexibility index (Phi) is 6.09. The second-order valence-electron chi connectivity index (χ2n) is 8.95. The fourth-order valence-corrected chi connectivity index (χ4v) is 5.65. The van der Waals surface area contributed by atoms with Crippen molar-refractivity contribution in [2.75, 3.05) is 25.5 Å². The molecule has 0 aromatic heterocycles. The van der Waals surface area contributed by atoms with Gasteiger partial charge in [-0.3, -0.25) is 9.69 Å². The molecule has 0 saturated carbocycles. The molecule has 3 aromatic carbocycles. The Morgan fingerprint density at radius 2 is 1.73 bits per heavy atom. The predicted molar refractivity (Wildman–Crippen MR) is 134 cm³/mol. The molecule has 1 unspecified atom stereocenters. The number of carbonyl (C=O) groups is 1. The Labute approximate surface area is 204 Å². The highest BCUT2D eigenvalue weighted by Crippen LogP contribution is 2.47. The number of ether oxygens (including phenoxy) is 1. The van der Waals surface area contributed by atoms with Crippen LogP contribution in [0.1, 0.15) is 40.2 Å². The van der Waals surface area contributed by atoms with Gasteiger partial charge < -0.3 is 10.1 Å². The van der Waals surface area contributed by atoms with E-state index < -0.39 is 0 Å². The maximum atomic E-state index is 13.8. The minimum atomic E-state index is -0.367. The van der Waals surface area contributed by atoms with Crippen molar-refractivity contribution < 1.29 is 9.53 Å². The molecule has 1 atom stereocenters. The first-order valence-corrected chi connectivity index (χ1v) is 12.0. The zero-order chi connectivity index (χ0) is 23.0. The Bertz CT molecular complexity index is 1170. The molecule has 0 bridgehead atoms. The highest BCUT2D eigenvalue weighted by Gasteiger charge is 2.49. The van der Waals surface area contributed by atoms with Gasteiger partial charge >= 0.3 is 0 Å². The van der Waals surface area contributed by atoms with E-state index in [0.717, 1.165) is 54.5 Å². The highest BCUT2D eigenvalue weighted by molar-refractivity contribution is 6.31. The van der Waals surface area contributed by atoms with Gasteiger partial charge in [0.2, 0.25) is 0 Å². The number of piperidine rings is 1. The van der Waals surface area contributed by atoms with E-state index >= 15 is 0 Å². The van der Waals surface area contributed by atoms with Crippen molar-refractivity contribution in [2.45, 2.75) is 30.8 Å². The van der Waals surface area contributed by atoms with E-state index in [2.05, 4.69) is 16.3 Å². The summed E-state index contributed by atoms with van der Waals surface area (Å²) < 4.78 is 5.34. The molecule has 5 rings (SSSR count). The minimum absolute atomic E-state index is 0.147. The summed E-state index contributed by atoms with van der Waals surface area (Å²) >= 11 is 12.5. The van der Waals surface area contributed by atoms with Gasteiger partial charge in [0, 0.05) is 40.9 Å². The van der Waals surface area contributed by atoms with Gasteiger partial charge in [0.05, 0.1) is 18.6 Å². The molecule has 4 nitrogen and oxygen atoms in total. The zero-order valence-electron chi connectivity index (χ0n) is 18.5. The molecule has 1 fully saturated rings. The van der Waals surface area contributed by atoms with Crippen LogP contribution >= 0.6 is 23.2 Å². The van der Waals surface area contributed by atoms with Crippen molar-refractivity contribution in [3.05, 3.63) is 93.5 Å². The van der Waals surface area contributed by atoms with E-state index in [0.29, 0.717) is 10.6 Å². The average Bonchev–Trinajstić information content (AvgIpc) is 2.81. The van der Waals surface area contributed by atoms with E-state index in [-0.39, 0.29) is 17.2 Å². The van der Waals surface area contributed by atoms with Crippen molar-refractivity contribution in [1.29, 1.82) is 0 Å². The number of anilines is 1. The molecule has 170 valence electrons. The first kappa shape index (κ1) is 22.3. The van der Waals surface area contributed by atoms with E-state index in [1.54, 1.807) is 13.2 Å². The summed E-state index contributed by atoms with van der Waals surface area (Å²) in [5.41, 5.74) is 3.38. The molecule has 0 aliphatic carbocycles. The van der Waals surface area contributed by atoms with Crippen LogP contribution in [0.15, 0.2) is 66.7 Å². The predicted octanol–water partition coefficient (Wildman–Crippen LogP) is 6.43. The number of likely N-dealkylation sites (tertiary alicyclic amines) is 1. The second-order valence-corrected chi connectivity index (χ2v) is 9.82. The Morgan fingerprint density at radius 3 is 2.42 bits per heavy atom. The number of methoxy groups -OCH3 is 1. The van der Waals surface area contributed by atoms with Crippen LogP contribution in [0.3, 0.4) is 0 Å². The number of Topliss-reactive ketones (excluding diaryl/α,β-unsaturated/α-hetero) is 1. The van der Waals surface area contributed by atoms with Crippen molar-refractivity contribution in [3.8, 4) is 5.75 Å².